The highest BCUT2D eigenvalue weighted by Crippen LogP contribution is 2.27. The Morgan fingerprint density at radius 3 is 2.74 bits per heavy atom. The van der Waals surface area contributed by atoms with Crippen LogP contribution in [0.25, 0.3) is 16.2 Å². The van der Waals surface area contributed by atoms with Crippen LogP contribution in [0.5, 0.6) is 0 Å². The van der Waals surface area contributed by atoms with Crippen LogP contribution >= 0.6 is 11.3 Å². The Balaban J connectivity index is 1.54. The summed E-state index contributed by atoms with van der Waals surface area (Å²) in [7, 11) is 0. The summed E-state index contributed by atoms with van der Waals surface area (Å²) >= 11 is 1.57. The van der Waals surface area contributed by atoms with Crippen LogP contribution in [0.1, 0.15) is 6.92 Å². The van der Waals surface area contributed by atoms with Gasteiger partial charge in [0.05, 0.1) is 11.9 Å². The molecule has 1 aliphatic rings. The lowest BCUT2D eigenvalue weighted by molar-refractivity contribution is -0.129. The van der Waals surface area contributed by atoms with Crippen LogP contribution in [-0.2, 0) is 4.79 Å². The first kappa shape index (κ1) is 14.1. The van der Waals surface area contributed by atoms with Crippen LogP contribution in [0, 0.1) is 0 Å². The topological polar surface area (TPSA) is 66.6 Å². The number of amides is 1. The van der Waals surface area contributed by atoms with Crippen molar-refractivity contribution in [3.8, 4) is 11.3 Å². The fraction of sp³-hybridized carbons (Fsp3) is 0.333. The molecule has 8 heteroatoms. The van der Waals surface area contributed by atoms with Gasteiger partial charge in [-0.05, 0) is 12.1 Å². The van der Waals surface area contributed by atoms with Gasteiger partial charge in [0.15, 0.2) is 0 Å². The quantitative estimate of drug-likeness (QED) is 0.713. The van der Waals surface area contributed by atoms with Crippen LogP contribution in [0.15, 0.2) is 30.7 Å². The molecule has 0 aromatic carbocycles. The van der Waals surface area contributed by atoms with Gasteiger partial charge in [0.2, 0.25) is 16.0 Å². The highest BCUT2D eigenvalue weighted by atomic mass is 32.1. The monoisotopic (exact) mass is 328 g/mol. The van der Waals surface area contributed by atoms with Gasteiger partial charge in [-0.15, -0.1) is 5.10 Å². The Labute approximate surface area is 137 Å². The molecule has 0 bridgehead atoms. The van der Waals surface area contributed by atoms with Gasteiger partial charge in [-0.25, -0.2) is 9.50 Å². The van der Waals surface area contributed by atoms with Gasteiger partial charge < -0.3 is 9.80 Å². The number of aromatic nitrogens is 4. The molecule has 3 aromatic rings. The van der Waals surface area contributed by atoms with E-state index in [9.17, 15) is 4.79 Å². The largest absolute Gasteiger partial charge is 0.343 e. The van der Waals surface area contributed by atoms with Gasteiger partial charge in [0, 0.05) is 51.1 Å². The van der Waals surface area contributed by atoms with Crippen molar-refractivity contribution in [3.05, 3.63) is 30.7 Å². The van der Waals surface area contributed by atoms with Gasteiger partial charge in [-0.3, -0.25) is 9.78 Å². The summed E-state index contributed by atoms with van der Waals surface area (Å²) in [6, 6.07) is 3.89. The van der Waals surface area contributed by atoms with Gasteiger partial charge in [0.1, 0.15) is 0 Å². The molecule has 4 rings (SSSR count). The number of hydrogen-bond donors (Lipinski definition) is 0. The number of anilines is 1. The summed E-state index contributed by atoms with van der Waals surface area (Å²) in [5, 5.41) is 5.58. The van der Waals surface area contributed by atoms with Crippen molar-refractivity contribution in [1.29, 1.82) is 0 Å². The zero-order valence-electron chi connectivity index (χ0n) is 12.7. The van der Waals surface area contributed by atoms with E-state index in [2.05, 4.69) is 20.0 Å². The Bertz CT molecular complexity index is 803. The number of imidazole rings is 1. The Morgan fingerprint density at radius 1 is 1.26 bits per heavy atom. The molecule has 0 aliphatic carbocycles. The fourth-order valence-electron chi connectivity index (χ4n) is 2.68. The van der Waals surface area contributed by atoms with E-state index in [-0.39, 0.29) is 5.91 Å². The third-order valence-electron chi connectivity index (χ3n) is 3.99. The number of carbonyl (C=O) groups is 1. The molecular formula is C15H16N6OS. The molecule has 7 nitrogen and oxygen atoms in total. The molecule has 1 fully saturated rings. The van der Waals surface area contributed by atoms with Crippen molar-refractivity contribution < 1.29 is 4.79 Å². The maximum absolute atomic E-state index is 11.4. The maximum atomic E-state index is 11.4. The molecule has 0 saturated carbocycles. The summed E-state index contributed by atoms with van der Waals surface area (Å²) in [5.41, 5.74) is 1.87. The number of pyridine rings is 1. The molecule has 118 valence electrons. The maximum Gasteiger partial charge on any atom is 0.219 e. The molecule has 1 saturated heterocycles. The Kier molecular flexibility index (Phi) is 3.45. The first-order valence-corrected chi connectivity index (χ1v) is 8.29. The molecule has 1 amide bonds. The van der Waals surface area contributed by atoms with Crippen LogP contribution in [0.3, 0.4) is 0 Å². The third-order valence-corrected chi connectivity index (χ3v) is 4.97. The number of carbonyl (C=O) groups excluding carboxylic acids is 1. The number of rotatable bonds is 2. The zero-order chi connectivity index (χ0) is 15.8. The van der Waals surface area contributed by atoms with Crippen molar-refractivity contribution in [3.63, 3.8) is 0 Å². The number of fused-ring (bicyclic) bond motifs is 1. The number of piperazine rings is 1. The van der Waals surface area contributed by atoms with Crippen LogP contribution < -0.4 is 4.90 Å². The molecule has 23 heavy (non-hydrogen) atoms. The van der Waals surface area contributed by atoms with E-state index in [0.29, 0.717) is 0 Å². The standard InChI is InChI=1S/C15H16N6OS/c1-11(22)19-5-7-20(8-6-19)15-18-21-10-13(17-14(21)23-15)12-3-2-4-16-9-12/h2-4,9-10H,5-8H2,1H3. The number of hydrogen-bond acceptors (Lipinski definition) is 6. The van der Waals surface area contributed by atoms with E-state index in [1.165, 1.54) is 0 Å². The summed E-state index contributed by atoms with van der Waals surface area (Å²) in [5.74, 6) is 0.139. The van der Waals surface area contributed by atoms with E-state index in [1.54, 1.807) is 30.7 Å². The SMILES string of the molecule is CC(=O)N1CCN(c2nn3cc(-c4cccnc4)nc3s2)CC1. The third kappa shape index (κ3) is 2.65. The smallest absolute Gasteiger partial charge is 0.219 e. The lowest BCUT2D eigenvalue weighted by atomic mass is 10.2. The second kappa shape index (κ2) is 5.62. The predicted octanol–water partition coefficient (Wildman–Crippen LogP) is 1.52. The molecule has 4 heterocycles. The molecule has 0 atom stereocenters. The van der Waals surface area contributed by atoms with Crippen molar-refractivity contribution >= 4 is 27.3 Å². The van der Waals surface area contributed by atoms with E-state index in [0.717, 1.165) is 47.5 Å². The molecular weight excluding hydrogens is 312 g/mol. The Morgan fingerprint density at radius 2 is 2.09 bits per heavy atom. The average Bonchev–Trinajstić information content (AvgIpc) is 3.14. The minimum Gasteiger partial charge on any atom is -0.343 e. The molecule has 3 aromatic heterocycles. The summed E-state index contributed by atoms with van der Waals surface area (Å²) in [6.45, 7) is 4.74. The lowest BCUT2D eigenvalue weighted by Crippen LogP contribution is -2.48. The van der Waals surface area contributed by atoms with Crippen molar-refractivity contribution in [2.75, 3.05) is 31.1 Å². The Hall–Kier alpha value is -2.48. The van der Waals surface area contributed by atoms with Gasteiger partial charge in [-0.1, -0.05) is 11.3 Å². The summed E-state index contributed by atoms with van der Waals surface area (Å²) < 4.78 is 1.82. The van der Waals surface area contributed by atoms with Crippen LogP contribution in [-0.4, -0.2) is 56.6 Å². The van der Waals surface area contributed by atoms with Crippen molar-refractivity contribution in [2.45, 2.75) is 6.92 Å². The van der Waals surface area contributed by atoms with Gasteiger partial charge >= 0.3 is 0 Å². The number of nitrogens with zero attached hydrogens (tertiary/aromatic N) is 6. The average molecular weight is 328 g/mol. The van der Waals surface area contributed by atoms with Crippen molar-refractivity contribution in [2.24, 2.45) is 0 Å². The van der Waals surface area contributed by atoms with Gasteiger partial charge in [-0.2, -0.15) is 0 Å². The van der Waals surface area contributed by atoms with E-state index >= 15 is 0 Å². The van der Waals surface area contributed by atoms with E-state index < -0.39 is 0 Å². The second-order valence-electron chi connectivity index (χ2n) is 5.47. The molecule has 1 aliphatic heterocycles. The molecule has 0 N–H and O–H groups in total. The lowest BCUT2D eigenvalue weighted by Gasteiger charge is -2.33. The van der Waals surface area contributed by atoms with Crippen LogP contribution in [0.2, 0.25) is 0 Å². The minimum atomic E-state index is 0.139. The summed E-state index contributed by atoms with van der Waals surface area (Å²) in [4.78, 5) is 25.1. The molecule has 0 unspecified atom stereocenters. The first-order valence-electron chi connectivity index (χ1n) is 7.48. The van der Waals surface area contributed by atoms with Crippen molar-refractivity contribution in [1.82, 2.24) is 24.5 Å². The highest BCUT2D eigenvalue weighted by Gasteiger charge is 2.22. The minimum absolute atomic E-state index is 0.139. The zero-order valence-corrected chi connectivity index (χ0v) is 13.5. The van der Waals surface area contributed by atoms with E-state index in [1.807, 2.05) is 27.7 Å². The molecule has 0 radical (unpaired) electrons. The molecule has 0 spiro atoms. The predicted molar refractivity (Wildman–Crippen MR) is 88.6 cm³/mol. The first-order chi connectivity index (χ1) is 11.2. The normalized spacial score (nSPS) is 15.3. The van der Waals surface area contributed by atoms with E-state index in [4.69, 9.17) is 0 Å². The van der Waals surface area contributed by atoms with Gasteiger partial charge in [0.25, 0.3) is 0 Å². The van der Waals surface area contributed by atoms with Crippen LogP contribution in [0.4, 0.5) is 5.13 Å². The fourth-order valence-corrected chi connectivity index (χ4v) is 3.62. The highest BCUT2D eigenvalue weighted by molar-refractivity contribution is 7.20. The second-order valence-corrected chi connectivity index (χ2v) is 6.41. The summed E-state index contributed by atoms with van der Waals surface area (Å²) in [6.07, 6.45) is 5.48.